The predicted molar refractivity (Wildman–Crippen MR) is 93.7 cm³/mol. The van der Waals surface area contributed by atoms with Crippen molar-refractivity contribution in [3.05, 3.63) is 59.1 Å². The highest BCUT2D eigenvalue weighted by atomic mass is 35.5. The van der Waals surface area contributed by atoms with Gasteiger partial charge < -0.3 is 15.4 Å². The third-order valence-corrected chi connectivity index (χ3v) is 3.21. The van der Waals surface area contributed by atoms with E-state index < -0.39 is 0 Å². The summed E-state index contributed by atoms with van der Waals surface area (Å²) in [5, 5.41) is 7.20. The number of ether oxygens (including phenoxy) is 1. The Bertz CT molecular complexity index is 657. The van der Waals surface area contributed by atoms with E-state index in [9.17, 15) is 4.79 Å². The zero-order chi connectivity index (χ0) is 15.9. The number of hydrogen-bond acceptors (Lipinski definition) is 3. The Balaban J connectivity index is 1.94. The third-order valence-electron chi connectivity index (χ3n) is 2.76. The smallest absolute Gasteiger partial charge is 0.338 e. The maximum absolute atomic E-state index is 11.6. The zero-order valence-electron chi connectivity index (χ0n) is 11.9. The minimum absolute atomic E-state index is 0.337. The van der Waals surface area contributed by atoms with Gasteiger partial charge in [-0.05, 0) is 67.7 Å². The van der Waals surface area contributed by atoms with Crippen molar-refractivity contribution in [1.29, 1.82) is 0 Å². The molecule has 2 aromatic rings. The number of esters is 1. The SMILES string of the molecule is CCOC(=O)c1ccc(NC(=S)Nc2ccc(Cl)cc2)cc1. The highest BCUT2D eigenvalue weighted by Gasteiger charge is 2.06. The fourth-order valence-electron chi connectivity index (χ4n) is 1.73. The minimum atomic E-state index is -0.337. The van der Waals surface area contributed by atoms with E-state index in [1.165, 1.54) is 0 Å². The van der Waals surface area contributed by atoms with Crippen LogP contribution >= 0.6 is 23.8 Å². The summed E-state index contributed by atoms with van der Waals surface area (Å²) in [4.78, 5) is 11.6. The number of thiocarbonyl (C=S) groups is 1. The molecule has 0 bridgehead atoms. The summed E-state index contributed by atoms with van der Waals surface area (Å²) < 4.78 is 4.93. The van der Waals surface area contributed by atoms with Crippen molar-refractivity contribution in [3.63, 3.8) is 0 Å². The molecule has 0 aliphatic carbocycles. The summed E-state index contributed by atoms with van der Waals surface area (Å²) in [5.74, 6) is -0.337. The Hall–Kier alpha value is -2.11. The Labute approximate surface area is 139 Å². The molecule has 0 spiro atoms. The second kappa shape index (κ2) is 7.77. The maximum atomic E-state index is 11.6. The van der Waals surface area contributed by atoms with Gasteiger partial charge in [-0.15, -0.1) is 0 Å². The van der Waals surface area contributed by atoms with Gasteiger partial charge in [-0.25, -0.2) is 4.79 Å². The molecule has 0 amide bonds. The first kappa shape index (κ1) is 16.3. The molecule has 0 radical (unpaired) electrons. The van der Waals surface area contributed by atoms with Gasteiger partial charge in [0.1, 0.15) is 0 Å². The van der Waals surface area contributed by atoms with Gasteiger partial charge in [0.15, 0.2) is 5.11 Å². The molecule has 0 heterocycles. The number of rotatable bonds is 4. The normalized spacial score (nSPS) is 9.91. The highest BCUT2D eigenvalue weighted by molar-refractivity contribution is 7.80. The molecule has 0 saturated heterocycles. The summed E-state index contributed by atoms with van der Waals surface area (Å²) in [7, 11) is 0. The largest absolute Gasteiger partial charge is 0.462 e. The summed E-state index contributed by atoms with van der Waals surface area (Å²) >= 11 is 11.1. The van der Waals surface area contributed by atoms with Gasteiger partial charge in [-0.1, -0.05) is 11.6 Å². The number of carbonyl (C=O) groups is 1. The molecule has 6 heteroatoms. The van der Waals surface area contributed by atoms with Crippen LogP contribution in [0.15, 0.2) is 48.5 Å². The zero-order valence-corrected chi connectivity index (χ0v) is 13.5. The fourth-order valence-corrected chi connectivity index (χ4v) is 2.09. The van der Waals surface area contributed by atoms with Crippen molar-refractivity contribution in [1.82, 2.24) is 0 Å². The van der Waals surface area contributed by atoms with E-state index in [-0.39, 0.29) is 5.97 Å². The summed E-state index contributed by atoms with van der Waals surface area (Å²) in [6.45, 7) is 2.13. The van der Waals surface area contributed by atoms with E-state index in [1.54, 1.807) is 43.3 Å². The van der Waals surface area contributed by atoms with Crippen LogP contribution in [0.1, 0.15) is 17.3 Å². The first-order chi connectivity index (χ1) is 10.6. The van der Waals surface area contributed by atoms with Crippen LogP contribution in [0, 0.1) is 0 Å². The molecule has 0 saturated carbocycles. The van der Waals surface area contributed by atoms with Crippen molar-refractivity contribution in [2.75, 3.05) is 17.2 Å². The van der Waals surface area contributed by atoms with E-state index in [2.05, 4.69) is 10.6 Å². The molecule has 0 aromatic heterocycles. The lowest BCUT2D eigenvalue weighted by Gasteiger charge is -2.11. The summed E-state index contributed by atoms with van der Waals surface area (Å²) in [6.07, 6.45) is 0. The molecule has 114 valence electrons. The average Bonchev–Trinajstić information content (AvgIpc) is 2.50. The maximum Gasteiger partial charge on any atom is 0.338 e. The molecule has 4 nitrogen and oxygen atoms in total. The van der Waals surface area contributed by atoms with Crippen LogP contribution in [-0.4, -0.2) is 17.7 Å². The minimum Gasteiger partial charge on any atom is -0.462 e. The number of hydrogen-bond donors (Lipinski definition) is 2. The molecule has 0 aliphatic heterocycles. The van der Waals surface area contributed by atoms with Gasteiger partial charge >= 0.3 is 5.97 Å². The molecule has 0 atom stereocenters. The Morgan fingerprint density at radius 2 is 1.55 bits per heavy atom. The standard InChI is InChI=1S/C16H15ClN2O2S/c1-2-21-15(20)11-3-7-13(8-4-11)18-16(22)19-14-9-5-12(17)6-10-14/h3-10H,2H2,1H3,(H2,18,19,22). The lowest BCUT2D eigenvalue weighted by molar-refractivity contribution is 0.0526. The van der Waals surface area contributed by atoms with Gasteiger partial charge in [0.25, 0.3) is 0 Å². The van der Waals surface area contributed by atoms with Crippen LogP contribution < -0.4 is 10.6 Å². The highest BCUT2D eigenvalue weighted by Crippen LogP contribution is 2.15. The molecular weight excluding hydrogens is 320 g/mol. The number of anilines is 2. The second-order valence-electron chi connectivity index (χ2n) is 4.38. The first-order valence-electron chi connectivity index (χ1n) is 6.69. The molecule has 0 fully saturated rings. The van der Waals surface area contributed by atoms with Crippen LogP contribution in [-0.2, 0) is 4.74 Å². The van der Waals surface area contributed by atoms with Gasteiger partial charge in [0.05, 0.1) is 12.2 Å². The molecule has 2 aromatic carbocycles. The lowest BCUT2D eigenvalue weighted by Crippen LogP contribution is -2.19. The van der Waals surface area contributed by atoms with Gasteiger partial charge in [0.2, 0.25) is 0 Å². The monoisotopic (exact) mass is 334 g/mol. The summed E-state index contributed by atoms with van der Waals surface area (Å²) in [5.41, 5.74) is 2.12. The molecule has 2 rings (SSSR count). The quantitative estimate of drug-likeness (QED) is 0.644. The van der Waals surface area contributed by atoms with Gasteiger partial charge in [0, 0.05) is 16.4 Å². The Kier molecular flexibility index (Phi) is 5.75. The fraction of sp³-hybridized carbons (Fsp3) is 0.125. The van der Waals surface area contributed by atoms with E-state index in [4.69, 9.17) is 28.6 Å². The summed E-state index contributed by atoms with van der Waals surface area (Å²) in [6, 6.07) is 14.1. The van der Waals surface area contributed by atoms with E-state index >= 15 is 0 Å². The van der Waals surface area contributed by atoms with Crippen LogP contribution in [0.3, 0.4) is 0 Å². The van der Waals surface area contributed by atoms with Crippen LogP contribution in [0.5, 0.6) is 0 Å². The van der Waals surface area contributed by atoms with Gasteiger partial charge in [-0.3, -0.25) is 0 Å². The van der Waals surface area contributed by atoms with E-state index in [1.807, 2.05) is 12.1 Å². The number of halogens is 1. The van der Waals surface area contributed by atoms with Crippen LogP contribution in [0.2, 0.25) is 5.02 Å². The van der Waals surface area contributed by atoms with Gasteiger partial charge in [-0.2, -0.15) is 0 Å². The molecular formula is C16H15ClN2O2S. The van der Waals surface area contributed by atoms with Crippen LogP contribution in [0.25, 0.3) is 0 Å². The average molecular weight is 335 g/mol. The van der Waals surface area contributed by atoms with Crippen LogP contribution in [0.4, 0.5) is 11.4 Å². The third kappa shape index (κ3) is 4.72. The van der Waals surface area contributed by atoms with Crippen molar-refractivity contribution in [2.45, 2.75) is 6.92 Å². The topological polar surface area (TPSA) is 50.4 Å². The first-order valence-corrected chi connectivity index (χ1v) is 7.48. The second-order valence-corrected chi connectivity index (χ2v) is 5.23. The molecule has 2 N–H and O–H groups in total. The lowest BCUT2D eigenvalue weighted by atomic mass is 10.2. The Morgan fingerprint density at radius 3 is 2.05 bits per heavy atom. The van der Waals surface area contributed by atoms with Crippen molar-refractivity contribution >= 4 is 46.3 Å². The Morgan fingerprint density at radius 1 is 1.05 bits per heavy atom. The van der Waals surface area contributed by atoms with Crippen molar-refractivity contribution < 1.29 is 9.53 Å². The predicted octanol–water partition coefficient (Wildman–Crippen LogP) is 4.33. The molecule has 22 heavy (non-hydrogen) atoms. The van der Waals surface area contributed by atoms with Crippen molar-refractivity contribution in [3.8, 4) is 0 Å². The van der Waals surface area contributed by atoms with Crippen molar-refractivity contribution in [2.24, 2.45) is 0 Å². The number of carbonyl (C=O) groups excluding carboxylic acids is 1. The molecule has 0 aliphatic rings. The number of benzene rings is 2. The van der Waals surface area contributed by atoms with E-state index in [0.717, 1.165) is 11.4 Å². The molecule has 0 unspecified atom stereocenters. The number of nitrogens with one attached hydrogen (secondary N) is 2. The van der Waals surface area contributed by atoms with E-state index in [0.29, 0.717) is 22.3 Å².